The molecule has 168 valence electrons. The summed E-state index contributed by atoms with van der Waals surface area (Å²) in [5.41, 5.74) is 0.989. The molecule has 2 saturated heterocycles. The Hall–Kier alpha value is -3.41. The molecule has 32 heavy (non-hydrogen) atoms. The molecule has 0 radical (unpaired) electrons. The average molecular weight is 448 g/mol. The molecule has 2 aliphatic rings. The van der Waals surface area contributed by atoms with E-state index in [0.29, 0.717) is 35.5 Å². The maximum absolute atomic E-state index is 13.1. The molecule has 0 spiro atoms. The molecule has 9 nitrogen and oxygen atoms in total. The van der Waals surface area contributed by atoms with Crippen LogP contribution < -0.4 is 10.2 Å². The van der Waals surface area contributed by atoms with Crippen LogP contribution in [-0.2, 0) is 11.3 Å². The van der Waals surface area contributed by atoms with Crippen molar-refractivity contribution in [2.24, 2.45) is 0 Å². The molecule has 4 heterocycles. The number of amides is 1. The van der Waals surface area contributed by atoms with Crippen LogP contribution in [-0.4, -0.2) is 62.4 Å². The summed E-state index contributed by atoms with van der Waals surface area (Å²) in [4.78, 5) is 21.9. The lowest BCUT2D eigenvalue weighted by atomic mass is 10.2. The lowest BCUT2D eigenvalue weighted by Crippen LogP contribution is -2.43. The quantitative estimate of drug-likeness (QED) is 0.629. The smallest absolute Gasteiger partial charge is 0.409 e. The Morgan fingerprint density at radius 1 is 1.16 bits per heavy atom. The van der Waals surface area contributed by atoms with E-state index in [0.717, 1.165) is 17.5 Å². The number of ether oxygens (including phenoxy) is 1. The van der Waals surface area contributed by atoms with Gasteiger partial charge in [0.15, 0.2) is 11.5 Å². The second-order valence-corrected chi connectivity index (χ2v) is 7.90. The van der Waals surface area contributed by atoms with Gasteiger partial charge in [-0.2, -0.15) is 18.3 Å². The Balaban J connectivity index is 1.59. The molecule has 2 fully saturated rings. The molecular weight excluding hydrogens is 429 g/mol. The summed E-state index contributed by atoms with van der Waals surface area (Å²) in [5.74, 6) is 0.753. The molecule has 2 unspecified atom stereocenters. The maximum atomic E-state index is 13.1. The van der Waals surface area contributed by atoms with Gasteiger partial charge in [-0.05, 0) is 37.1 Å². The Kier molecular flexibility index (Phi) is 4.88. The number of benzene rings is 1. The zero-order valence-corrected chi connectivity index (χ0v) is 16.7. The minimum atomic E-state index is -4.45. The number of halogens is 3. The predicted octanol–water partition coefficient (Wildman–Crippen LogP) is 3.51. The molecular formula is C20H19F3N6O3. The molecule has 2 aliphatic heterocycles. The van der Waals surface area contributed by atoms with E-state index in [-0.39, 0.29) is 23.7 Å². The van der Waals surface area contributed by atoms with Crippen LogP contribution in [0.15, 0.2) is 30.5 Å². The summed E-state index contributed by atoms with van der Waals surface area (Å²) >= 11 is 0. The Bertz CT molecular complexity index is 1150. The highest BCUT2D eigenvalue weighted by atomic mass is 19.4. The highest BCUT2D eigenvalue weighted by molar-refractivity contribution is 5.89. The number of hydrogen-bond acceptors (Lipinski definition) is 6. The topological polar surface area (TPSA) is 105 Å². The van der Waals surface area contributed by atoms with Crippen molar-refractivity contribution in [1.82, 2.24) is 19.7 Å². The van der Waals surface area contributed by atoms with Gasteiger partial charge in [0.2, 0.25) is 0 Å². The number of nitrogens with one attached hydrogen (secondary N) is 1. The van der Waals surface area contributed by atoms with Crippen molar-refractivity contribution in [3.63, 3.8) is 0 Å². The van der Waals surface area contributed by atoms with Crippen LogP contribution in [0.3, 0.4) is 0 Å². The maximum Gasteiger partial charge on any atom is 0.409 e. The zero-order chi connectivity index (χ0) is 22.5. The van der Waals surface area contributed by atoms with E-state index < -0.39 is 18.8 Å². The highest BCUT2D eigenvalue weighted by Gasteiger charge is 2.36. The third-order valence-corrected chi connectivity index (χ3v) is 5.54. The van der Waals surface area contributed by atoms with Gasteiger partial charge < -0.3 is 14.7 Å². The van der Waals surface area contributed by atoms with E-state index in [9.17, 15) is 18.0 Å². The first-order valence-corrected chi connectivity index (χ1v) is 10.1. The van der Waals surface area contributed by atoms with Crippen LogP contribution in [0.25, 0.3) is 22.4 Å². The van der Waals surface area contributed by atoms with Crippen LogP contribution >= 0.6 is 0 Å². The molecule has 2 bridgehead atoms. The van der Waals surface area contributed by atoms with E-state index in [1.54, 1.807) is 24.3 Å². The number of nitrogens with zero attached hydrogens (tertiary/aromatic N) is 5. The summed E-state index contributed by atoms with van der Waals surface area (Å²) in [6, 6.07) is 6.31. The normalized spacial score (nSPS) is 20.7. The predicted molar refractivity (Wildman–Crippen MR) is 109 cm³/mol. The summed E-state index contributed by atoms with van der Waals surface area (Å²) in [7, 11) is 0. The third kappa shape index (κ3) is 4.05. The summed E-state index contributed by atoms with van der Waals surface area (Å²) in [6.45, 7) is -0.0792. The van der Waals surface area contributed by atoms with Crippen molar-refractivity contribution in [3.8, 4) is 11.4 Å². The van der Waals surface area contributed by atoms with E-state index >= 15 is 0 Å². The number of alkyl halides is 3. The molecule has 2 N–H and O–H groups in total. The molecule has 12 heteroatoms. The molecule has 2 atom stereocenters. The van der Waals surface area contributed by atoms with Crippen molar-refractivity contribution >= 4 is 28.6 Å². The first-order valence-electron chi connectivity index (χ1n) is 10.1. The van der Waals surface area contributed by atoms with Gasteiger partial charge in [0, 0.05) is 24.3 Å². The summed E-state index contributed by atoms with van der Waals surface area (Å²) < 4.78 is 46.0. The van der Waals surface area contributed by atoms with Gasteiger partial charge in [-0.3, -0.25) is 5.32 Å². The monoisotopic (exact) mass is 448 g/mol. The number of fused-ring (bicyclic) bond motifs is 3. The first kappa shape index (κ1) is 20.5. The fourth-order valence-electron chi connectivity index (χ4n) is 4.21. The van der Waals surface area contributed by atoms with Gasteiger partial charge in [0.25, 0.3) is 0 Å². The SMILES string of the molecule is O=C(O)Nc1ccc(-c2nc(N3CC4CCC(C3)O4)c3cnn(CC(F)(F)F)c3n2)cc1. The standard InChI is InChI=1S/C20H19F3N6O3/c21-20(22,23)10-29-18-15(7-24-29)17(28-8-13-5-6-14(9-28)32-13)26-16(27-18)11-1-3-12(4-2-11)25-19(30)31/h1-4,7,13-14,25H,5-6,8-10H2,(H,30,31). The minimum absolute atomic E-state index is 0.0637. The number of carbonyl (C=O) groups is 1. The summed E-state index contributed by atoms with van der Waals surface area (Å²) in [5, 5.41) is 15.5. The van der Waals surface area contributed by atoms with Gasteiger partial charge in [0.05, 0.1) is 23.8 Å². The van der Waals surface area contributed by atoms with Crippen LogP contribution in [0, 0.1) is 0 Å². The van der Waals surface area contributed by atoms with Gasteiger partial charge >= 0.3 is 12.3 Å². The minimum Gasteiger partial charge on any atom is -0.465 e. The van der Waals surface area contributed by atoms with Gasteiger partial charge in [-0.25, -0.2) is 19.4 Å². The van der Waals surface area contributed by atoms with Crippen molar-refractivity contribution in [3.05, 3.63) is 30.5 Å². The van der Waals surface area contributed by atoms with Crippen molar-refractivity contribution in [2.45, 2.75) is 37.8 Å². The molecule has 3 aromatic rings. The second kappa shape index (κ2) is 7.62. The third-order valence-electron chi connectivity index (χ3n) is 5.54. The van der Waals surface area contributed by atoms with Crippen LogP contribution in [0.5, 0.6) is 0 Å². The average Bonchev–Trinajstić information content (AvgIpc) is 3.28. The van der Waals surface area contributed by atoms with E-state index in [1.807, 2.05) is 4.90 Å². The van der Waals surface area contributed by atoms with Crippen molar-refractivity contribution in [1.29, 1.82) is 0 Å². The van der Waals surface area contributed by atoms with Crippen LogP contribution in [0.2, 0.25) is 0 Å². The largest absolute Gasteiger partial charge is 0.465 e. The van der Waals surface area contributed by atoms with Crippen LogP contribution in [0.4, 0.5) is 29.5 Å². The Morgan fingerprint density at radius 2 is 1.84 bits per heavy atom. The number of aromatic nitrogens is 4. The first-order chi connectivity index (χ1) is 15.2. The fourth-order valence-corrected chi connectivity index (χ4v) is 4.21. The number of morpholine rings is 1. The van der Waals surface area contributed by atoms with Crippen molar-refractivity contribution < 1.29 is 27.8 Å². The molecule has 5 rings (SSSR count). The van der Waals surface area contributed by atoms with Gasteiger partial charge in [-0.1, -0.05) is 0 Å². The number of hydrogen-bond donors (Lipinski definition) is 2. The van der Waals surface area contributed by atoms with E-state index in [4.69, 9.17) is 9.84 Å². The second-order valence-electron chi connectivity index (χ2n) is 7.90. The molecule has 2 aromatic heterocycles. The Labute approximate surface area is 179 Å². The fraction of sp³-hybridized carbons (Fsp3) is 0.400. The lowest BCUT2D eigenvalue weighted by molar-refractivity contribution is -0.141. The van der Waals surface area contributed by atoms with Crippen LogP contribution in [0.1, 0.15) is 12.8 Å². The van der Waals surface area contributed by atoms with E-state index in [2.05, 4.69) is 20.4 Å². The molecule has 1 amide bonds. The van der Waals surface area contributed by atoms with Gasteiger partial charge in [0.1, 0.15) is 12.4 Å². The van der Waals surface area contributed by atoms with Gasteiger partial charge in [-0.15, -0.1) is 0 Å². The molecule has 0 saturated carbocycles. The van der Waals surface area contributed by atoms with Crippen molar-refractivity contribution in [2.75, 3.05) is 23.3 Å². The number of carboxylic acid groups (broad SMARTS) is 1. The number of anilines is 2. The molecule has 0 aliphatic carbocycles. The number of rotatable bonds is 4. The molecule has 1 aromatic carbocycles. The lowest BCUT2D eigenvalue weighted by Gasteiger charge is -2.33. The van der Waals surface area contributed by atoms with E-state index in [1.165, 1.54) is 6.20 Å². The highest BCUT2D eigenvalue weighted by Crippen LogP contribution is 2.34. The summed E-state index contributed by atoms with van der Waals surface area (Å²) in [6.07, 6.45) is -2.27. The Morgan fingerprint density at radius 3 is 2.47 bits per heavy atom. The zero-order valence-electron chi connectivity index (χ0n) is 16.7.